The maximum atomic E-state index is 5.30. The van der Waals surface area contributed by atoms with E-state index in [0.29, 0.717) is 18.3 Å². The number of aromatic nitrogens is 2. The molecule has 24 heavy (non-hydrogen) atoms. The fraction of sp³-hybridized carbons (Fsp3) is 0.556. The van der Waals surface area contributed by atoms with Crippen molar-refractivity contribution in [1.82, 2.24) is 10.1 Å². The normalized spacial score (nSPS) is 16.7. The van der Waals surface area contributed by atoms with Crippen molar-refractivity contribution in [2.75, 3.05) is 30.4 Å². The van der Waals surface area contributed by atoms with Gasteiger partial charge in [-0.05, 0) is 31.9 Å². The molecule has 0 spiro atoms. The number of benzene rings is 1. The standard InChI is InChI=1S/C18H26N4O2/c1-14(23-2)18-20-17(24-21-18)13-19-15-9-5-6-10-16(15)22-11-7-3-4-8-12-22/h5-6,9-10,14,19H,3-4,7-8,11-13H2,1-2H3/t14-/m0/s1. The number of para-hydroxylation sites is 2. The third kappa shape index (κ3) is 4.06. The number of nitrogens with zero attached hydrogens (tertiary/aromatic N) is 3. The molecular formula is C18H26N4O2. The highest BCUT2D eigenvalue weighted by Crippen LogP contribution is 2.28. The largest absolute Gasteiger partial charge is 0.374 e. The SMILES string of the molecule is CO[C@@H](C)c1noc(CNc2ccccc2N2CCCCCC2)n1. The Labute approximate surface area is 143 Å². The van der Waals surface area contributed by atoms with Crippen LogP contribution >= 0.6 is 0 Å². The van der Waals surface area contributed by atoms with E-state index in [0.717, 1.165) is 18.8 Å². The summed E-state index contributed by atoms with van der Waals surface area (Å²) in [7, 11) is 1.64. The van der Waals surface area contributed by atoms with E-state index in [-0.39, 0.29) is 6.10 Å². The number of nitrogens with one attached hydrogen (secondary N) is 1. The second kappa shape index (κ2) is 8.15. The quantitative estimate of drug-likeness (QED) is 0.870. The van der Waals surface area contributed by atoms with E-state index in [4.69, 9.17) is 9.26 Å². The van der Waals surface area contributed by atoms with E-state index in [2.05, 4.69) is 44.6 Å². The Bertz CT molecular complexity index is 635. The molecule has 1 saturated heterocycles. The van der Waals surface area contributed by atoms with Crippen molar-refractivity contribution < 1.29 is 9.26 Å². The van der Waals surface area contributed by atoms with Crippen LogP contribution < -0.4 is 10.2 Å². The van der Waals surface area contributed by atoms with Crippen molar-refractivity contribution in [3.8, 4) is 0 Å². The lowest BCUT2D eigenvalue weighted by molar-refractivity contribution is 0.109. The highest BCUT2D eigenvalue weighted by atomic mass is 16.5. The number of anilines is 2. The van der Waals surface area contributed by atoms with Crippen LogP contribution in [0.3, 0.4) is 0 Å². The zero-order valence-corrected chi connectivity index (χ0v) is 14.5. The number of ether oxygens (including phenoxy) is 1. The molecule has 3 rings (SSSR count). The van der Waals surface area contributed by atoms with Gasteiger partial charge in [-0.1, -0.05) is 30.1 Å². The molecule has 130 valence electrons. The predicted molar refractivity (Wildman–Crippen MR) is 94.2 cm³/mol. The monoisotopic (exact) mass is 330 g/mol. The van der Waals surface area contributed by atoms with Gasteiger partial charge in [0.05, 0.1) is 17.9 Å². The van der Waals surface area contributed by atoms with Crippen LogP contribution in [0.15, 0.2) is 28.8 Å². The van der Waals surface area contributed by atoms with Crippen LogP contribution in [-0.2, 0) is 11.3 Å². The van der Waals surface area contributed by atoms with Crippen molar-refractivity contribution in [3.05, 3.63) is 36.0 Å². The summed E-state index contributed by atoms with van der Waals surface area (Å²) in [6.45, 7) is 4.65. The van der Waals surface area contributed by atoms with Crippen molar-refractivity contribution in [1.29, 1.82) is 0 Å². The van der Waals surface area contributed by atoms with Crippen molar-refractivity contribution >= 4 is 11.4 Å². The fourth-order valence-electron chi connectivity index (χ4n) is 2.99. The summed E-state index contributed by atoms with van der Waals surface area (Å²) in [4.78, 5) is 6.85. The van der Waals surface area contributed by atoms with Gasteiger partial charge in [-0.15, -0.1) is 0 Å². The molecule has 2 aromatic rings. The molecule has 1 aromatic heterocycles. The molecule has 1 aliphatic rings. The first kappa shape index (κ1) is 16.8. The van der Waals surface area contributed by atoms with Gasteiger partial charge in [0, 0.05) is 20.2 Å². The minimum absolute atomic E-state index is 0.160. The van der Waals surface area contributed by atoms with E-state index in [1.165, 1.54) is 31.4 Å². The summed E-state index contributed by atoms with van der Waals surface area (Å²) >= 11 is 0. The van der Waals surface area contributed by atoms with E-state index in [1.807, 2.05) is 6.92 Å². The Morgan fingerprint density at radius 2 is 1.96 bits per heavy atom. The van der Waals surface area contributed by atoms with Gasteiger partial charge in [0.15, 0.2) is 5.82 Å². The van der Waals surface area contributed by atoms with Gasteiger partial charge in [-0.25, -0.2) is 0 Å². The van der Waals surface area contributed by atoms with Crippen LogP contribution in [-0.4, -0.2) is 30.3 Å². The second-order valence-corrected chi connectivity index (χ2v) is 6.20. The molecule has 0 bridgehead atoms. The Morgan fingerprint density at radius 3 is 2.71 bits per heavy atom. The molecule has 0 aliphatic carbocycles. The smallest absolute Gasteiger partial charge is 0.246 e. The summed E-state index contributed by atoms with van der Waals surface area (Å²) in [6, 6.07) is 8.43. The summed E-state index contributed by atoms with van der Waals surface area (Å²) < 4.78 is 10.5. The Hall–Kier alpha value is -2.08. The minimum atomic E-state index is -0.160. The topological polar surface area (TPSA) is 63.4 Å². The van der Waals surface area contributed by atoms with Crippen LogP contribution in [0.25, 0.3) is 0 Å². The zero-order valence-electron chi connectivity index (χ0n) is 14.5. The van der Waals surface area contributed by atoms with Gasteiger partial charge in [0.1, 0.15) is 6.10 Å². The first-order valence-corrected chi connectivity index (χ1v) is 8.71. The van der Waals surface area contributed by atoms with Gasteiger partial charge in [-0.3, -0.25) is 0 Å². The second-order valence-electron chi connectivity index (χ2n) is 6.20. The van der Waals surface area contributed by atoms with Crippen LogP contribution in [0, 0.1) is 0 Å². The van der Waals surface area contributed by atoms with E-state index in [1.54, 1.807) is 7.11 Å². The first-order valence-electron chi connectivity index (χ1n) is 8.71. The van der Waals surface area contributed by atoms with E-state index >= 15 is 0 Å². The van der Waals surface area contributed by atoms with Gasteiger partial charge in [-0.2, -0.15) is 4.98 Å². The Balaban J connectivity index is 1.67. The van der Waals surface area contributed by atoms with Crippen molar-refractivity contribution in [2.24, 2.45) is 0 Å². The summed E-state index contributed by atoms with van der Waals surface area (Å²) in [5.74, 6) is 1.15. The molecule has 1 N–H and O–H groups in total. The van der Waals surface area contributed by atoms with E-state index in [9.17, 15) is 0 Å². The molecule has 0 unspecified atom stereocenters. The third-order valence-electron chi connectivity index (χ3n) is 4.48. The van der Waals surface area contributed by atoms with Gasteiger partial charge < -0.3 is 19.5 Å². The van der Waals surface area contributed by atoms with Gasteiger partial charge in [0.2, 0.25) is 5.89 Å². The molecule has 1 aliphatic heterocycles. The molecule has 6 heteroatoms. The maximum absolute atomic E-state index is 5.30. The summed E-state index contributed by atoms with van der Waals surface area (Å²) in [5, 5.41) is 7.40. The van der Waals surface area contributed by atoms with Crippen LogP contribution in [0.4, 0.5) is 11.4 Å². The average Bonchev–Trinajstić information content (AvgIpc) is 2.93. The molecule has 1 atom stereocenters. The average molecular weight is 330 g/mol. The highest BCUT2D eigenvalue weighted by molar-refractivity contribution is 5.70. The Kier molecular flexibility index (Phi) is 5.69. The van der Waals surface area contributed by atoms with Crippen LogP contribution in [0.1, 0.15) is 50.4 Å². The lowest BCUT2D eigenvalue weighted by Gasteiger charge is -2.25. The minimum Gasteiger partial charge on any atom is -0.374 e. The van der Waals surface area contributed by atoms with Gasteiger partial charge in [0.25, 0.3) is 0 Å². The molecule has 0 amide bonds. The number of rotatable bonds is 6. The third-order valence-corrected chi connectivity index (χ3v) is 4.48. The number of methoxy groups -OCH3 is 1. The molecule has 6 nitrogen and oxygen atoms in total. The Morgan fingerprint density at radius 1 is 1.21 bits per heavy atom. The highest BCUT2D eigenvalue weighted by Gasteiger charge is 2.15. The summed E-state index contributed by atoms with van der Waals surface area (Å²) in [5.41, 5.74) is 2.36. The van der Waals surface area contributed by atoms with E-state index < -0.39 is 0 Å². The maximum Gasteiger partial charge on any atom is 0.246 e. The molecular weight excluding hydrogens is 304 g/mol. The first-order chi connectivity index (χ1) is 11.8. The molecule has 2 heterocycles. The fourth-order valence-corrected chi connectivity index (χ4v) is 2.99. The zero-order chi connectivity index (χ0) is 16.8. The predicted octanol–water partition coefficient (Wildman–Crippen LogP) is 3.77. The summed E-state index contributed by atoms with van der Waals surface area (Å²) in [6.07, 6.45) is 5.02. The lowest BCUT2D eigenvalue weighted by Crippen LogP contribution is -2.24. The number of hydrogen-bond donors (Lipinski definition) is 1. The number of hydrogen-bond acceptors (Lipinski definition) is 6. The molecule has 1 fully saturated rings. The molecule has 1 aromatic carbocycles. The molecule has 0 radical (unpaired) electrons. The van der Waals surface area contributed by atoms with Gasteiger partial charge >= 0.3 is 0 Å². The van der Waals surface area contributed by atoms with Crippen molar-refractivity contribution in [3.63, 3.8) is 0 Å². The van der Waals surface area contributed by atoms with Crippen molar-refractivity contribution in [2.45, 2.75) is 45.3 Å². The lowest BCUT2D eigenvalue weighted by atomic mass is 10.2. The van der Waals surface area contributed by atoms with Crippen LogP contribution in [0.2, 0.25) is 0 Å². The molecule has 0 saturated carbocycles. The van der Waals surface area contributed by atoms with Crippen LogP contribution in [0.5, 0.6) is 0 Å².